The predicted octanol–water partition coefficient (Wildman–Crippen LogP) is 5.78. The van der Waals surface area contributed by atoms with E-state index in [9.17, 15) is 9.59 Å². The number of amides is 3. The van der Waals surface area contributed by atoms with Crippen LogP contribution in [0.5, 0.6) is 0 Å². The third-order valence-corrected chi connectivity index (χ3v) is 8.08. The van der Waals surface area contributed by atoms with Crippen LogP contribution in [0.2, 0.25) is 10.0 Å². The molecule has 2 aromatic rings. The minimum absolute atomic E-state index is 0.0918. The van der Waals surface area contributed by atoms with Crippen molar-refractivity contribution in [2.75, 3.05) is 31.5 Å². The first kappa shape index (κ1) is 22.4. The number of carbonyl (C=O) groups excluding carboxylic acids is 2. The Hall–Kier alpha value is -1.76. The Morgan fingerprint density at radius 3 is 2.16 bits per heavy atom. The van der Waals surface area contributed by atoms with E-state index in [0.717, 1.165) is 56.7 Å². The van der Waals surface area contributed by atoms with Crippen molar-refractivity contribution in [2.45, 2.75) is 32.1 Å². The molecule has 8 heteroatoms. The van der Waals surface area contributed by atoms with Crippen LogP contribution in [0, 0.1) is 11.8 Å². The van der Waals surface area contributed by atoms with Crippen molar-refractivity contribution in [1.29, 1.82) is 0 Å². The number of thiophene rings is 1. The monoisotopic (exact) mass is 479 g/mol. The quantitative estimate of drug-likeness (QED) is 0.603. The van der Waals surface area contributed by atoms with Crippen LogP contribution < -0.4 is 5.32 Å². The molecule has 1 aromatic heterocycles. The molecule has 166 valence electrons. The van der Waals surface area contributed by atoms with E-state index < -0.39 is 0 Å². The van der Waals surface area contributed by atoms with Crippen LogP contribution in [-0.2, 0) is 11.2 Å². The lowest BCUT2D eigenvalue weighted by atomic mass is 9.79. The zero-order valence-electron chi connectivity index (χ0n) is 17.4. The van der Waals surface area contributed by atoms with Crippen LogP contribution in [0.1, 0.15) is 30.6 Å². The second kappa shape index (κ2) is 10.2. The summed E-state index contributed by atoms with van der Waals surface area (Å²) in [4.78, 5) is 30.1. The highest BCUT2D eigenvalue weighted by Gasteiger charge is 2.32. The first-order chi connectivity index (χ1) is 15.0. The summed E-state index contributed by atoms with van der Waals surface area (Å²) >= 11 is 13.6. The number of rotatable bonds is 4. The number of urea groups is 1. The van der Waals surface area contributed by atoms with Gasteiger partial charge in [0, 0.05) is 36.7 Å². The van der Waals surface area contributed by atoms with Gasteiger partial charge >= 0.3 is 6.03 Å². The largest absolute Gasteiger partial charge is 0.342 e. The lowest BCUT2D eigenvalue weighted by Crippen LogP contribution is -2.45. The minimum atomic E-state index is -0.0918. The molecule has 2 fully saturated rings. The van der Waals surface area contributed by atoms with Gasteiger partial charge in [-0.3, -0.25) is 4.79 Å². The van der Waals surface area contributed by atoms with Gasteiger partial charge in [-0.05, 0) is 67.2 Å². The van der Waals surface area contributed by atoms with Crippen LogP contribution in [0.15, 0.2) is 35.7 Å². The number of piperidine rings is 2. The number of benzene rings is 1. The average Bonchev–Trinajstić information content (AvgIpc) is 3.29. The van der Waals surface area contributed by atoms with Gasteiger partial charge in [0.25, 0.3) is 0 Å². The van der Waals surface area contributed by atoms with Gasteiger partial charge in [-0.2, -0.15) is 0 Å². The Balaban J connectivity index is 1.21. The zero-order valence-corrected chi connectivity index (χ0v) is 19.7. The third kappa shape index (κ3) is 5.73. The molecule has 0 unspecified atom stereocenters. The fraction of sp³-hybridized carbons (Fsp3) is 0.478. The average molecular weight is 480 g/mol. The van der Waals surface area contributed by atoms with Crippen LogP contribution in [0.25, 0.3) is 0 Å². The molecule has 1 aromatic carbocycles. The van der Waals surface area contributed by atoms with Crippen LogP contribution in [0.3, 0.4) is 0 Å². The highest BCUT2D eigenvalue weighted by atomic mass is 35.5. The van der Waals surface area contributed by atoms with Crippen molar-refractivity contribution >= 4 is 52.2 Å². The molecule has 3 amide bonds. The van der Waals surface area contributed by atoms with Gasteiger partial charge in [0.15, 0.2) is 0 Å². The van der Waals surface area contributed by atoms with E-state index in [4.69, 9.17) is 23.2 Å². The van der Waals surface area contributed by atoms with E-state index in [-0.39, 0.29) is 11.9 Å². The first-order valence-corrected chi connectivity index (χ1v) is 12.4. The Bertz CT molecular complexity index is 906. The van der Waals surface area contributed by atoms with Gasteiger partial charge < -0.3 is 15.1 Å². The molecule has 2 saturated heterocycles. The van der Waals surface area contributed by atoms with Gasteiger partial charge in [0.1, 0.15) is 0 Å². The highest BCUT2D eigenvalue weighted by Crippen LogP contribution is 2.33. The molecule has 0 spiro atoms. The molecule has 1 N–H and O–H groups in total. The van der Waals surface area contributed by atoms with Gasteiger partial charge in [0.2, 0.25) is 5.91 Å². The van der Waals surface area contributed by atoms with E-state index in [0.29, 0.717) is 34.0 Å². The van der Waals surface area contributed by atoms with E-state index >= 15 is 0 Å². The van der Waals surface area contributed by atoms with Crippen LogP contribution in [-0.4, -0.2) is 47.9 Å². The lowest BCUT2D eigenvalue weighted by Gasteiger charge is -2.40. The topological polar surface area (TPSA) is 52.7 Å². The molecule has 2 aliphatic heterocycles. The van der Waals surface area contributed by atoms with Gasteiger partial charge in [0.05, 0.1) is 16.5 Å². The number of carbonyl (C=O) groups is 2. The number of halogens is 2. The molecule has 5 nitrogen and oxygen atoms in total. The van der Waals surface area contributed by atoms with Gasteiger partial charge in [-0.15, -0.1) is 11.3 Å². The van der Waals surface area contributed by atoms with E-state index in [1.165, 1.54) is 0 Å². The first-order valence-electron chi connectivity index (χ1n) is 10.8. The fourth-order valence-corrected chi connectivity index (χ4v) is 5.64. The van der Waals surface area contributed by atoms with Crippen molar-refractivity contribution in [3.8, 4) is 0 Å². The standard InChI is InChI=1S/C23H27Cl2N3O2S/c24-20-4-3-18(14-21(20)25)26-23(30)28-11-7-17(8-12-28)16-5-9-27(10-6-16)22(29)15-19-2-1-13-31-19/h1-4,13-14,16-17H,5-12,15H2,(H,26,30). The van der Waals surface area contributed by atoms with Gasteiger partial charge in [-0.25, -0.2) is 4.79 Å². The Morgan fingerprint density at radius 1 is 0.935 bits per heavy atom. The summed E-state index contributed by atoms with van der Waals surface area (Å²) in [5, 5.41) is 5.83. The normalized spacial score (nSPS) is 18.3. The third-order valence-electron chi connectivity index (χ3n) is 6.46. The Morgan fingerprint density at radius 2 is 1.58 bits per heavy atom. The summed E-state index contributed by atoms with van der Waals surface area (Å²) < 4.78 is 0. The number of nitrogens with zero attached hydrogens (tertiary/aromatic N) is 2. The summed E-state index contributed by atoms with van der Waals surface area (Å²) in [7, 11) is 0. The maximum atomic E-state index is 12.6. The summed E-state index contributed by atoms with van der Waals surface area (Å²) in [6, 6.07) is 9.04. The summed E-state index contributed by atoms with van der Waals surface area (Å²) in [5.74, 6) is 1.52. The van der Waals surface area contributed by atoms with Crippen molar-refractivity contribution in [3.05, 3.63) is 50.6 Å². The molecule has 4 rings (SSSR count). The van der Waals surface area contributed by atoms with Crippen LogP contribution in [0.4, 0.5) is 10.5 Å². The number of hydrogen-bond acceptors (Lipinski definition) is 3. The molecule has 3 heterocycles. The molecule has 0 aliphatic carbocycles. The minimum Gasteiger partial charge on any atom is -0.342 e. The van der Waals surface area contributed by atoms with E-state index in [1.54, 1.807) is 29.5 Å². The number of anilines is 1. The summed E-state index contributed by atoms with van der Waals surface area (Å²) in [6.07, 6.45) is 4.69. The van der Waals surface area contributed by atoms with E-state index in [2.05, 4.69) is 5.32 Å². The number of nitrogens with one attached hydrogen (secondary N) is 1. The maximum Gasteiger partial charge on any atom is 0.321 e. The molecular formula is C23H27Cl2N3O2S. The molecule has 0 bridgehead atoms. The second-order valence-electron chi connectivity index (χ2n) is 8.36. The van der Waals surface area contributed by atoms with Crippen molar-refractivity contribution in [3.63, 3.8) is 0 Å². The maximum absolute atomic E-state index is 12.6. The fourth-order valence-electron chi connectivity index (χ4n) is 4.64. The SMILES string of the molecule is O=C(Cc1cccs1)N1CCC(C2CCN(C(=O)Nc3ccc(Cl)c(Cl)c3)CC2)CC1. The smallest absolute Gasteiger partial charge is 0.321 e. The molecule has 2 aliphatic rings. The molecule has 31 heavy (non-hydrogen) atoms. The number of hydrogen-bond donors (Lipinski definition) is 1. The van der Waals surface area contributed by atoms with Crippen molar-refractivity contribution in [1.82, 2.24) is 9.80 Å². The zero-order chi connectivity index (χ0) is 21.8. The predicted molar refractivity (Wildman–Crippen MR) is 127 cm³/mol. The molecular weight excluding hydrogens is 453 g/mol. The van der Waals surface area contributed by atoms with Gasteiger partial charge in [-0.1, -0.05) is 29.3 Å². The lowest BCUT2D eigenvalue weighted by molar-refractivity contribution is -0.132. The number of likely N-dealkylation sites (tertiary alicyclic amines) is 2. The molecule has 0 atom stereocenters. The van der Waals surface area contributed by atoms with Crippen molar-refractivity contribution < 1.29 is 9.59 Å². The van der Waals surface area contributed by atoms with Crippen molar-refractivity contribution in [2.24, 2.45) is 11.8 Å². The Labute approximate surface area is 197 Å². The highest BCUT2D eigenvalue weighted by molar-refractivity contribution is 7.10. The summed E-state index contributed by atoms with van der Waals surface area (Å²) in [6.45, 7) is 3.23. The van der Waals surface area contributed by atoms with Crippen LogP contribution >= 0.6 is 34.5 Å². The second-order valence-corrected chi connectivity index (χ2v) is 10.2. The Kier molecular flexibility index (Phi) is 7.41. The molecule has 0 saturated carbocycles. The van der Waals surface area contributed by atoms with E-state index in [1.807, 2.05) is 27.3 Å². The summed E-state index contributed by atoms with van der Waals surface area (Å²) in [5.41, 5.74) is 0.654. The molecule has 0 radical (unpaired) electrons.